The summed E-state index contributed by atoms with van der Waals surface area (Å²) in [5, 5.41) is 15.6. The molecular formula is C20H26N4O5S. The van der Waals surface area contributed by atoms with Gasteiger partial charge in [0.25, 0.3) is 15.7 Å². The van der Waals surface area contributed by atoms with E-state index in [1.54, 1.807) is 24.3 Å². The molecule has 0 aliphatic carbocycles. The number of para-hydroxylation sites is 2. The van der Waals surface area contributed by atoms with E-state index in [1.165, 1.54) is 19.2 Å². The number of methoxy groups -OCH3 is 1. The Hall–Kier alpha value is -3.14. The second kappa shape index (κ2) is 10.6. The fourth-order valence-corrected chi connectivity index (χ4v) is 4.07. The molecule has 10 heteroatoms. The number of nitrogens with one attached hydrogen (secondary N) is 2. The number of ether oxygens (including phenoxy) is 1. The first-order valence-electron chi connectivity index (χ1n) is 9.58. The van der Waals surface area contributed by atoms with Crippen LogP contribution in [-0.2, 0) is 10.0 Å². The van der Waals surface area contributed by atoms with Crippen LogP contribution in [0, 0.1) is 10.1 Å². The van der Waals surface area contributed by atoms with Gasteiger partial charge in [0.1, 0.15) is 10.6 Å². The molecule has 0 atom stereocenters. The van der Waals surface area contributed by atoms with E-state index in [2.05, 4.69) is 15.2 Å². The normalized spacial score (nSPS) is 10.9. The quantitative estimate of drug-likeness (QED) is 0.298. The Bertz CT molecular complexity index is 1010. The van der Waals surface area contributed by atoms with Gasteiger partial charge in [-0.05, 0) is 31.0 Å². The molecular weight excluding hydrogens is 408 g/mol. The Labute approximate surface area is 176 Å². The molecule has 0 aromatic heterocycles. The topological polar surface area (TPSA) is 123 Å². The van der Waals surface area contributed by atoms with E-state index in [0.29, 0.717) is 5.75 Å². The van der Waals surface area contributed by atoms with Crippen LogP contribution in [0.15, 0.2) is 52.5 Å². The standard InChI is InChI=1S/C20H26N4O5S/c1-4-8-15(9-5-2)21-22-18-13-12-16(24(25)26)14-20(18)30(27,28)23-17-10-6-7-11-19(17)29-3/h6-7,10-14,22-23H,4-5,8-9H2,1-3H3. The maximum Gasteiger partial charge on any atom is 0.270 e. The number of non-ortho nitro benzene ring substituents is 1. The lowest BCUT2D eigenvalue weighted by Crippen LogP contribution is -2.16. The molecule has 0 radical (unpaired) electrons. The van der Waals surface area contributed by atoms with Crippen molar-refractivity contribution >= 4 is 32.8 Å². The second-order valence-corrected chi connectivity index (χ2v) is 8.18. The zero-order chi connectivity index (χ0) is 22.1. The molecule has 0 saturated heterocycles. The summed E-state index contributed by atoms with van der Waals surface area (Å²) < 4.78 is 33.8. The summed E-state index contributed by atoms with van der Waals surface area (Å²) in [7, 11) is -2.75. The number of benzene rings is 2. The van der Waals surface area contributed by atoms with E-state index >= 15 is 0 Å². The van der Waals surface area contributed by atoms with E-state index in [1.807, 2.05) is 13.8 Å². The van der Waals surface area contributed by atoms with Crippen molar-refractivity contribution in [3.63, 3.8) is 0 Å². The molecule has 9 nitrogen and oxygen atoms in total. The predicted octanol–water partition coefficient (Wildman–Crippen LogP) is 4.77. The number of hydrogen-bond acceptors (Lipinski definition) is 7. The molecule has 0 spiro atoms. The van der Waals surface area contributed by atoms with Crippen LogP contribution in [0.1, 0.15) is 39.5 Å². The minimum Gasteiger partial charge on any atom is -0.495 e. The average Bonchev–Trinajstić information content (AvgIpc) is 2.72. The Morgan fingerprint density at radius 3 is 2.37 bits per heavy atom. The van der Waals surface area contributed by atoms with Crippen molar-refractivity contribution in [2.24, 2.45) is 5.10 Å². The van der Waals surface area contributed by atoms with Crippen LogP contribution in [0.5, 0.6) is 5.75 Å². The second-order valence-electron chi connectivity index (χ2n) is 6.53. The van der Waals surface area contributed by atoms with Crippen LogP contribution in [0.3, 0.4) is 0 Å². The predicted molar refractivity (Wildman–Crippen MR) is 118 cm³/mol. The largest absolute Gasteiger partial charge is 0.495 e. The van der Waals surface area contributed by atoms with Gasteiger partial charge in [-0.2, -0.15) is 5.10 Å². The lowest BCUT2D eigenvalue weighted by molar-refractivity contribution is -0.385. The van der Waals surface area contributed by atoms with Crippen molar-refractivity contribution < 1.29 is 18.1 Å². The highest BCUT2D eigenvalue weighted by atomic mass is 32.2. The number of hydrogen-bond donors (Lipinski definition) is 2. The summed E-state index contributed by atoms with van der Waals surface area (Å²) in [6.07, 6.45) is 3.35. The summed E-state index contributed by atoms with van der Waals surface area (Å²) >= 11 is 0. The molecule has 2 rings (SSSR count). The third-order valence-corrected chi connectivity index (χ3v) is 5.63. The monoisotopic (exact) mass is 434 g/mol. The van der Waals surface area contributed by atoms with Crippen LogP contribution >= 0.6 is 0 Å². The average molecular weight is 435 g/mol. The number of nitro benzene ring substituents is 1. The van der Waals surface area contributed by atoms with Crippen LogP contribution < -0.4 is 14.9 Å². The summed E-state index contributed by atoms with van der Waals surface area (Å²) in [6, 6.07) is 10.1. The third kappa shape index (κ3) is 5.93. The molecule has 2 aromatic rings. The number of sulfonamides is 1. The van der Waals surface area contributed by atoms with Gasteiger partial charge >= 0.3 is 0 Å². The maximum absolute atomic E-state index is 13.1. The molecule has 0 aliphatic rings. The van der Waals surface area contributed by atoms with Crippen LogP contribution in [0.25, 0.3) is 0 Å². The first-order chi connectivity index (χ1) is 14.3. The lowest BCUT2D eigenvalue weighted by atomic mass is 10.1. The molecule has 0 saturated carbocycles. The molecule has 0 unspecified atom stereocenters. The van der Waals surface area contributed by atoms with Gasteiger partial charge in [-0.1, -0.05) is 38.8 Å². The molecule has 2 aromatic carbocycles. The van der Waals surface area contributed by atoms with E-state index < -0.39 is 14.9 Å². The van der Waals surface area contributed by atoms with Crippen LogP contribution in [-0.4, -0.2) is 26.2 Å². The number of hydrazone groups is 1. The Kier molecular flexibility index (Phi) is 8.16. The van der Waals surface area contributed by atoms with Crippen molar-refractivity contribution in [3.8, 4) is 5.75 Å². The van der Waals surface area contributed by atoms with Gasteiger partial charge in [0.15, 0.2) is 0 Å². The van der Waals surface area contributed by atoms with E-state index in [4.69, 9.17) is 4.74 Å². The highest BCUT2D eigenvalue weighted by Crippen LogP contribution is 2.31. The molecule has 2 N–H and O–H groups in total. The van der Waals surface area contributed by atoms with Gasteiger partial charge in [0.05, 0.1) is 23.4 Å². The van der Waals surface area contributed by atoms with E-state index in [9.17, 15) is 18.5 Å². The van der Waals surface area contributed by atoms with Gasteiger partial charge in [0.2, 0.25) is 0 Å². The zero-order valence-electron chi connectivity index (χ0n) is 17.2. The van der Waals surface area contributed by atoms with Gasteiger partial charge in [-0.3, -0.25) is 20.3 Å². The van der Waals surface area contributed by atoms with Gasteiger partial charge in [-0.15, -0.1) is 0 Å². The number of nitrogens with zero attached hydrogens (tertiary/aromatic N) is 2. The summed E-state index contributed by atoms with van der Waals surface area (Å²) in [5.41, 5.74) is 3.71. The van der Waals surface area contributed by atoms with Crippen molar-refractivity contribution in [3.05, 3.63) is 52.6 Å². The maximum atomic E-state index is 13.1. The van der Waals surface area contributed by atoms with Crippen molar-refractivity contribution in [1.82, 2.24) is 0 Å². The number of anilines is 2. The molecule has 0 amide bonds. The number of nitro groups is 1. The van der Waals surface area contributed by atoms with Crippen molar-refractivity contribution in [2.75, 3.05) is 17.3 Å². The van der Waals surface area contributed by atoms with Crippen LogP contribution in [0.2, 0.25) is 0 Å². The fourth-order valence-electron chi connectivity index (χ4n) is 2.82. The molecule has 0 bridgehead atoms. The van der Waals surface area contributed by atoms with E-state index in [-0.39, 0.29) is 22.0 Å². The lowest BCUT2D eigenvalue weighted by Gasteiger charge is -2.14. The van der Waals surface area contributed by atoms with Gasteiger partial charge in [-0.25, -0.2) is 8.42 Å². The Morgan fingerprint density at radius 2 is 1.77 bits per heavy atom. The first-order valence-corrected chi connectivity index (χ1v) is 11.1. The minimum absolute atomic E-state index is 0.146. The number of rotatable bonds is 11. The third-order valence-electron chi connectivity index (χ3n) is 4.23. The van der Waals surface area contributed by atoms with E-state index in [0.717, 1.165) is 37.5 Å². The summed E-state index contributed by atoms with van der Waals surface area (Å²) in [4.78, 5) is 10.3. The smallest absolute Gasteiger partial charge is 0.270 e. The van der Waals surface area contributed by atoms with Crippen molar-refractivity contribution in [2.45, 2.75) is 44.4 Å². The fraction of sp³-hybridized carbons (Fsp3) is 0.350. The molecule has 0 aliphatic heterocycles. The molecule has 0 heterocycles. The molecule has 30 heavy (non-hydrogen) atoms. The van der Waals surface area contributed by atoms with Crippen LogP contribution in [0.4, 0.5) is 17.1 Å². The SMILES string of the molecule is CCCC(CCC)=NNc1ccc([N+](=O)[O-])cc1S(=O)(=O)Nc1ccccc1OC. The minimum atomic E-state index is -4.17. The highest BCUT2D eigenvalue weighted by molar-refractivity contribution is 7.93. The zero-order valence-corrected chi connectivity index (χ0v) is 18.0. The molecule has 162 valence electrons. The van der Waals surface area contributed by atoms with Crippen molar-refractivity contribution in [1.29, 1.82) is 0 Å². The Balaban J connectivity index is 2.48. The van der Waals surface area contributed by atoms with Gasteiger partial charge in [0, 0.05) is 17.8 Å². The summed E-state index contributed by atoms with van der Waals surface area (Å²) in [5.74, 6) is 0.326. The first kappa shape index (κ1) is 23.1. The Morgan fingerprint density at radius 1 is 1.10 bits per heavy atom. The highest BCUT2D eigenvalue weighted by Gasteiger charge is 2.24. The summed E-state index contributed by atoms with van der Waals surface area (Å²) in [6.45, 7) is 4.06. The van der Waals surface area contributed by atoms with Gasteiger partial charge < -0.3 is 4.74 Å². The molecule has 0 fully saturated rings.